The van der Waals surface area contributed by atoms with E-state index in [2.05, 4.69) is 39.3 Å². The molecule has 106 valence electrons. The Labute approximate surface area is 112 Å². The van der Waals surface area contributed by atoms with Gasteiger partial charge in [0.2, 0.25) is 0 Å². The van der Waals surface area contributed by atoms with Crippen LogP contribution < -0.4 is 10.6 Å². The molecule has 0 radical (unpaired) electrons. The van der Waals surface area contributed by atoms with Crippen LogP contribution in [0.3, 0.4) is 0 Å². The van der Waals surface area contributed by atoms with Crippen LogP contribution >= 0.6 is 0 Å². The van der Waals surface area contributed by atoms with Gasteiger partial charge >= 0.3 is 0 Å². The van der Waals surface area contributed by atoms with Gasteiger partial charge in [0.05, 0.1) is 0 Å². The van der Waals surface area contributed by atoms with Gasteiger partial charge in [-0.15, -0.1) is 0 Å². The van der Waals surface area contributed by atoms with E-state index in [0.717, 1.165) is 32.0 Å². The number of hydrogen-bond donors (Lipinski definition) is 2. The molecule has 0 aromatic rings. The number of nitrogens with one attached hydrogen (secondary N) is 2. The highest BCUT2D eigenvalue weighted by atomic mass is 15.3. The van der Waals surface area contributed by atoms with Gasteiger partial charge in [-0.25, -0.2) is 0 Å². The monoisotopic (exact) mass is 255 g/mol. The summed E-state index contributed by atoms with van der Waals surface area (Å²) in [6.45, 7) is 13.4. The maximum atomic E-state index is 4.20. The summed E-state index contributed by atoms with van der Waals surface area (Å²) in [5.74, 6) is 0.920. The topological polar surface area (TPSA) is 42.9 Å². The first-order valence-electron chi connectivity index (χ1n) is 7.19. The molecular weight excluding hydrogens is 226 g/mol. The van der Waals surface area contributed by atoms with E-state index in [9.17, 15) is 0 Å². The standard InChI is InChI=1S/C13H29N5/c1-4-6-15-13(14-3)16-7-8-18-11-9-17(5-2)10-12-18/h4-12H2,1-3H3,(H2,14,15,16). The molecule has 0 spiro atoms. The van der Waals surface area contributed by atoms with Gasteiger partial charge in [-0.05, 0) is 13.0 Å². The Kier molecular flexibility index (Phi) is 7.76. The number of likely N-dealkylation sites (N-methyl/N-ethyl adjacent to an activating group) is 1. The summed E-state index contributed by atoms with van der Waals surface area (Å²) in [7, 11) is 1.82. The Balaban J connectivity index is 2.10. The smallest absolute Gasteiger partial charge is 0.191 e. The van der Waals surface area contributed by atoms with E-state index >= 15 is 0 Å². The van der Waals surface area contributed by atoms with Crippen molar-refractivity contribution in [3.8, 4) is 0 Å². The van der Waals surface area contributed by atoms with Crippen LogP contribution in [0.1, 0.15) is 20.3 Å². The summed E-state index contributed by atoms with van der Waals surface area (Å²) < 4.78 is 0. The number of hydrogen-bond acceptors (Lipinski definition) is 3. The zero-order valence-corrected chi connectivity index (χ0v) is 12.2. The minimum absolute atomic E-state index is 0.920. The quantitative estimate of drug-likeness (QED) is 0.526. The van der Waals surface area contributed by atoms with Crippen LogP contribution in [0, 0.1) is 0 Å². The minimum atomic E-state index is 0.920. The van der Waals surface area contributed by atoms with Crippen molar-refractivity contribution in [2.45, 2.75) is 20.3 Å². The molecule has 1 saturated heterocycles. The van der Waals surface area contributed by atoms with Crippen LogP contribution in [-0.4, -0.2) is 75.2 Å². The third-order valence-electron chi connectivity index (χ3n) is 3.40. The first kappa shape index (κ1) is 15.2. The summed E-state index contributed by atoms with van der Waals surface area (Å²) in [6, 6.07) is 0. The Morgan fingerprint density at radius 1 is 1.00 bits per heavy atom. The van der Waals surface area contributed by atoms with E-state index in [-0.39, 0.29) is 0 Å². The van der Waals surface area contributed by atoms with Gasteiger partial charge in [-0.1, -0.05) is 13.8 Å². The van der Waals surface area contributed by atoms with Crippen LogP contribution in [0.2, 0.25) is 0 Å². The van der Waals surface area contributed by atoms with Gasteiger partial charge in [-0.2, -0.15) is 0 Å². The second kappa shape index (κ2) is 9.16. The largest absolute Gasteiger partial charge is 0.356 e. The summed E-state index contributed by atoms with van der Waals surface area (Å²) >= 11 is 0. The van der Waals surface area contributed by atoms with E-state index in [1.54, 1.807) is 0 Å². The van der Waals surface area contributed by atoms with Crippen LogP contribution in [0.5, 0.6) is 0 Å². The van der Waals surface area contributed by atoms with Crippen molar-refractivity contribution in [3.63, 3.8) is 0 Å². The molecule has 0 unspecified atom stereocenters. The molecule has 1 aliphatic heterocycles. The lowest BCUT2D eigenvalue weighted by molar-refractivity contribution is 0.139. The molecule has 1 rings (SSSR count). The fourth-order valence-electron chi connectivity index (χ4n) is 2.13. The molecule has 5 heteroatoms. The fourth-order valence-corrected chi connectivity index (χ4v) is 2.13. The summed E-state index contributed by atoms with van der Waals surface area (Å²) in [4.78, 5) is 9.23. The molecule has 2 N–H and O–H groups in total. The molecule has 1 aliphatic rings. The minimum Gasteiger partial charge on any atom is -0.356 e. The number of aliphatic imine (C=N–C) groups is 1. The van der Waals surface area contributed by atoms with E-state index < -0.39 is 0 Å². The highest BCUT2D eigenvalue weighted by molar-refractivity contribution is 5.79. The average molecular weight is 255 g/mol. The second-order valence-corrected chi connectivity index (χ2v) is 4.70. The molecule has 0 aromatic carbocycles. The summed E-state index contributed by atoms with van der Waals surface area (Å²) in [5, 5.41) is 6.65. The Morgan fingerprint density at radius 2 is 1.61 bits per heavy atom. The molecule has 0 aliphatic carbocycles. The maximum absolute atomic E-state index is 4.20. The van der Waals surface area contributed by atoms with E-state index in [4.69, 9.17) is 0 Å². The van der Waals surface area contributed by atoms with E-state index in [1.807, 2.05) is 7.05 Å². The number of piperazine rings is 1. The molecule has 1 fully saturated rings. The van der Waals surface area contributed by atoms with Crippen LogP contribution in [0.25, 0.3) is 0 Å². The third kappa shape index (κ3) is 5.69. The van der Waals surface area contributed by atoms with E-state index in [0.29, 0.717) is 0 Å². The fraction of sp³-hybridized carbons (Fsp3) is 0.923. The molecule has 0 bridgehead atoms. The third-order valence-corrected chi connectivity index (χ3v) is 3.40. The first-order valence-corrected chi connectivity index (χ1v) is 7.19. The predicted octanol–water partition coefficient (Wildman–Crippen LogP) is 0.199. The highest BCUT2D eigenvalue weighted by Crippen LogP contribution is 1.99. The molecule has 0 atom stereocenters. The molecule has 0 aromatic heterocycles. The predicted molar refractivity (Wildman–Crippen MR) is 78.2 cm³/mol. The maximum Gasteiger partial charge on any atom is 0.191 e. The van der Waals surface area contributed by atoms with E-state index in [1.165, 1.54) is 32.7 Å². The van der Waals surface area contributed by atoms with Crippen molar-refractivity contribution in [1.82, 2.24) is 20.4 Å². The molecular formula is C13H29N5. The first-order chi connectivity index (χ1) is 8.80. The van der Waals surface area contributed by atoms with Gasteiger partial charge in [0.1, 0.15) is 0 Å². The lowest BCUT2D eigenvalue weighted by Gasteiger charge is -2.34. The SMILES string of the molecule is CCCNC(=NC)NCCN1CCN(CC)CC1. The molecule has 18 heavy (non-hydrogen) atoms. The zero-order valence-electron chi connectivity index (χ0n) is 12.2. The number of nitrogens with zero attached hydrogens (tertiary/aromatic N) is 3. The Morgan fingerprint density at radius 3 is 2.17 bits per heavy atom. The van der Waals surface area contributed by atoms with Gasteiger partial charge in [0.15, 0.2) is 5.96 Å². The average Bonchev–Trinajstić information content (AvgIpc) is 2.43. The molecule has 0 amide bonds. The Hall–Kier alpha value is -0.810. The Bertz CT molecular complexity index is 234. The normalized spacial score (nSPS) is 18.9. The molecule has 0 saturated carbocycles. The second-order valence-electron chi connectivity index (χ2n) is 4.70. The van der Waals surface area contributed by atoms with Crippen molar-refractivity contribution in [3.05, 3.63) is 0 Å². The van der Waals surface area contributed by atoms with Gasteiger partial charge in [0, 0.05) is 52.9 Å². The number of guanidine groups is 1. The highest BCUT2D eigenvalue weighted by Gasteiger charge is 2.14. The van der Waals surface area contributed by atoms with Gasteiger partial charge < -0.3 is 15.5 Å². The number of rotatable bonds is 6. The van der Waals surface area contributed by atoms with Crippen molar-refractivity contribution >= 4 is 5.96 Å². The molecule has 1 heterocycles. The zero-order chi connectivity index (χ0) is 13.2. The summed E-state index contributed by atoms with van der Waals surface area (Å²) in [5.41, 5.74) is 0. The van der Waals surface area contributed by atoms with Gasteiger partial charge in [-0.3, -0.25) is 9.89 Å². The lowest BCUT2D eigenvalue weighted by atomic mass is 10.3. The van der Waals surface area contributed by atoms with Crippen LogP contribution in [0.4, 0.5) is 0 Å². The van der Waals surface area contributed by atoms with Gasteiger partial charge in [0.25, 0.3) is 0 Å². The molecule has 5 nitrogen and oxygen atoms in total. The van der Waals surface area contributed by atoms with Crippen LogP contribution in [-0.2, 0) is 0 Å². The van der Waals surface area contributed by atoms with Crippen LogP contribution in [0.15, 0.2) is 4.99 Å². The summed E-state index contributed by atoms with van der Waals surface area (Å²) in [6.07, 6.45) is 1.12. The van der Waals surface area contributed by atoms with Crippen molar-refractivity contribution in [1.29, 1.82) is 0 Å². The lowest BCUT2D eigenvalue weighted by Crippen LogP contribution is -2.49. The van der Waals surface area contributed by atoms with Crippen molar-refractivity contribution in [2.24, 2.45) is 4.99 Å². The van der Waals surface area contributed by atoms with Crippen molar-refractivity contribution < 1.29 is 0 Å². The van der Waals surface area contributed by atoms with Crippen molar-refractivity contribution in [2.75, 3.05) is 59.4 Å².